The molecule has 1 aliphatic heterocycles. The number of carbonyl (C=O) groups is 2. The van der Waals surface area contributed by atoms with Gasteiger partial charge in [0.2, 0.25) is 0 Å². The van der Waals surface area contributed by atoms with Crippen LogP contribution in [0, 0.1) is 5.92 Å². The van der Waals surface area contributed by atoms with Crippen molar-refractivity contribution >= 4 is 11.9 Å². The van der Waals surface area contributed by atoms with Gasteiger partial charge in [-0.1, -0.05) is 6.92 Å². The first-order valence-electron chi connectivity index (χ1n) is 5.97. The van der Waals surface area contributed by atoms with E-state index in [1.165, 1.54) is 13.8 Å². The molecule has 1 aliphatic rings. The molecule has 1 fully saturated rings. The van der Waals surface area contributed by atoms with E-state index >= 15 is 0 Å². The van der Waals surface area contributed by atoms with E-state index < -0.39 is 30.3 Å². The summed E-state index contributed by atoms with van der Waals surface area (Å²) in [6.07, 6.45) is -2.52. The third kappa shape index (κ3) is 3.68. The Bertz CT molecular complexity index is 316. The molecule has 0 spiro atoms. The van der Waals surface area contributed by atoms with Crippen LogP contribution in [0.5, 0.6) is 0 Å². The highest BCUT2D eigenvalue weighted by molar-refractivity contribution is 5.66. The van der Waals surface area contributed by atoms with Crippen LogP contribution in [0.25, 0.3) is 0 Å². The average Bonchev–Trinajstić information content (AvgIpc) is 2.27. The molecule has 6 nitrogen and oxygen atoms in total. The van der Waals surface area contributed by atoms with E-state index in [-0.39, 0.29) is 18.6 Å². The maximum atomic E-state index is 11.0. The van der Waals surface area contributed by atoms with Gasteiger partial charge >= 0.3 is 11.9 Å². The molecule has 1 saturated heterocycles. The lowest BCUT2D eigenvalue weighted by atomic mass is 9.89. The second-order valence-corrected chi connectivity index (χ2v) is 4.61. The van der Waals surface area contributed by atoms with Crippen molar-refractivity contribution < 1.29 is 28.9 Å². The maximum Gasteiger partial charge on any atom is 0.303 e. The molecule has 0 radical (unpaired) electrons. The Morgan fingerprint density at radius 1 is 1.22 bits per heavy atom. The molecule has 0 aliphatic carbocycles. The van der Waals surface area contributed by atoms with E-state index in [0.29, 0.717) is 0 Å². The highest BCUT2D eigenvalue weighted by atomic mass is 16.6. The highest BCUT2D eigenvalue weighted by Crippen LogP contribution is 2.28. The molecule has 6 heteroatoms. The van der Waals surface area contributed by atoms with Crippen molar-refractivity contribution in [2.75, 3.05) is 6.61 Å². The number of aliphatic hydroxyl groups excluding tert-OH is 1. The number of carbonyl (C=O) groups excluding carboxylic acids is 2. The number of esters is 2. The Hall–Kier alpha value is -1.14. The monoisotopic (exact) mass is 260 g/mol. The summed E-state index contributed by atoms with van der Waals surface area (Å²) in [5.41, 5.74) is 0. The fourth-order valence-corrected chi connectivity index (χ4v) is 1.98. The summed E-state index contributed by atoms with van der Waals surface area (Å²) >= 11 is 0. The molecular weight excluding hydrogens is 240 g/mol. The molecule has 0 saturated carbocycles. The van der Waals surface area contributed by atoms with Crippen LogP contribution in [0.15, 0.2) is 0 Å². The molecule has 1 rings (SSSR count). The molecule has 0 aromatic rings. The first-order chi connectivity index (χ1) is 8.32. The highest BCUT2D eigenvalue weighted by Gasteiger charge is 2.43. The van der Waals surface area contributed by atoms with E-state index in [1.54, 1.807) is 0 Å². The number of aliphatic hydroxyl groups is 1. The van der Waals surface area contributed by atoms with Gasteiger partial charge in [-0.15, -0.1) is 0 Å². The molecule has 3 unspecified atom stereocenters. The van der Waals surface area contributed by atoms with Crippen LogP contribution in [-0.2, 0) is 23.8 Å². The first kappa shape index (κ1) is 14.9. The second-order valence-electron chi connectivity index (χ2n) is 4.61. The minimum absolute atomic E-state index is 0.0503. The SMILES string of the molecule is CC(=O)OCC1O[C@H](C)C(C)C(OC(C)=O)[C@H]1O. The van der Waals surface area contributed by atoms with Crippen LogP contribution in [-0.4, -0.2) is 48.1 Å². The zero-order valence-corrected chi connectivity index (χ0v) is 11.1. The van der Waals surface area contributed by atoms with Gasteiger partial charge in [0.25, 0.3) is 0 Å². The minimum Gasteiger partial charge on any atom is -0.463 e. The van der Waals surface area contributed by atoms with Gasteiger partial charge in [0, 0.05) is 19.8 Å². The van der Waals surface area contributed by atoms with Crippen LogP contribution in [0.3, 0.4) is 0 Å². The van der Waals surface area contributed by atoms with Crippen molar-refractivity contribution in [2.24, 2.45) is 5.92 Å². The summed E-state index contributed by atoms with van der Waals surface area (Å²) in [7, 11) is 0. The zero-order chi connectivity index (χ0) is 13.9. The molecule has 5 atom stereocenters. The summed E-state index contributed by atoms with van der Waals surface area (Å²) in [4.78, 5) is 21.8. The number of rotatable bonds is 3. The Morgan fingerprint density at radius 2 is 1.83 bits per heavy atom. The summed E-state index contributed by atoms with van der Waals surface area (Å²) in [5, 5.41) is 10.1. The summed E-state index contributed by atoms with van der Waals surface area (Å²) in [6, 6.07) is 0. The Labute approximate surface area is 106 Å². The molecule has 0 amide bonds. The van der Waals surface area contributed by atoms with Crippen LogP contribution < -0.4 is 0 Å². The van der Waals surface area contributed by atoms with Gasteiger partial charge in [0.15, 0.2) is 0 Å². The van der Waals surface area contributed by atoms with Gasteiger partial charge in [-0.3, -0.25) is 9.59 Å². The maximum absolute atomic E-state index is 11.0. The lowest BCUT2D eigenvalue weighted by Crippen LogP contribution is -2.55. The van der Waals surface area contributed by atoms with Crippen molar-refractivity contribution in [3.05, 3.63) is 0 Å². The third-order valence-electron chi connectivity index (χ3n) is 3.12. The predicted octanol–water partition coefficient (Wildman–Crippen LogP) is 0.265. The lowest BCUT2D eigenvalue weighted by Gasteiger charge is -2.41. The molecule has 1 N–H and O–H groups in total. The van der Waals surface area contributed by atoms with E-state index in [1.807, 2.05) is 13.8 Å². The van der Waals surface area contributed by atoms with E-state index in [4.69, 9.17) is 14.2 Å². The van der Waals surface area contributed by atoms with E-state index in [9.17, 15) is 14.7 Å². The van der Waals surface area contributed by atoms with Crippen LogP contribution in [0.4, 0.5) is 0 Å². The molecule has 18 heavy (non-hydrogen) atoms. The Kier molecular flexibility index (Phi) is 5.10. The fraction of sp³-hybridized carbons (Fsp3) is 0.833. The molecule has 0 aromatic heterocycles. The number of ether oxygens (including phenoxy) is 3. The molecule has 0 aromatic carbocycles. The van der Waals surface area contributed by atoms with Crippen molar-refractivity contribution in [1.29, 1.82) is 0 Å². The van der Waals surface area contributed by atoms with Crippen LogP contribution >= 0.6 is 0 Å². The van der Waals surface area contributed by atoms with Crippen molar-refractivity contribution in [1.82, 2.24) is 0 Å². The standard InChI is InChI=1S/C12H20O6/c1-6-7(2)17-10(5-16-8(3)13)11(15)12(6)18-9(4)14/h6-7,10-12,15H,5H2,1-4H3/t6?,7-,10?,11+,12?/m1/s1. The molecule has 0 bridgehead atoms. The quantitative estimate of drug-likeness (QED) is 0.733. The summed E-state index contributed by atoms with van der Waals surface area (Å²) in [5.74, 6) is -1.02. The number of hydrogen-bond donors (Lipinski definition) is 1. The van der Waals surface area contributed by atoms with E-state index in [2.05, 4.69) is 0 Å². The predicted molar refractivity (Wildman–Crippen MR) is 61.7 cm³/mol. The summed E-state index contributed by atoms with van der Waals surface area (Å²) < 4.78 is 15.5. The van der Waals surface area contributed by atoms with Crippen LogP contribution in [0.1, 0.15) is 27.7 Å². The van der Waals surface area contributed by atoms with Gasteiger partial charge in [-0.2, -0.15) is 0 Å². The fourth-order valence-electron chi connectivity index (χ4n) is 1.98. The number of hydrogen-bond acceptors (Lipinski definition) is 6. The normalized spacial score (nSPS) is 35.9. The largest absolute Gasteiger partial charge is 0.463 e. The average molecular weight is 260 g/mol. The smallest absolute Gasteiger partial charge is 0.303 e. The molecular formula is C12H20O6. The minimum atomic E-state index is -1.00. The van der Waals surface area contributed by atoms with Crippen molar-refractivity contribution in [2.45, 2.75) is 52.1 Å². The first-order valence-corrected chi connectivity index (χ1v) is 5.97. The van der Waals surface area contributed by atoms with Crippen molar-refractivity contribution in [3.8, 4) is 0 Å². The van der Waals surface area contributed by atoms with Gasteiger partial charge in [-0.05, 0) is 6.92 Å². The zero-order valence-electron chi connectivity index (χ0n) is 11.1. The van der Waals surface area contributed by atoms with Gasteiger partial charge in [-0.25, -0.2) is 0 Å². The van der Waals surface area contributed by atoms with E-state index in [0.717, 1.165) is 0 Å². The van der Waals surface area contributed by atoms with Gasteiger partial charge in [0.05, 0.1) is 6.10 Å². The second kappa shape index (κ2) is 6.15. The Morgan fingerprint density at radius 3 is 2.33 bits per heavy atom. The summed E-state index contributed by atoms with van der Waals surface area (Å²) in [6.45, 7) is 6.19. The van der Waals surface area contributed by atoms with Crippen molar-refractivity contribution in [3.63, 3.8) is 0 Å². The Balaban J connectivity index is 2.70. The van der Waals surface area contributed by atoms with Gasteiger partial charge in [0.1, 0.15) is 24.9 Å². The molecule has 1 heterocycles. The lowest BCUT2D eigenvalue weighted by molar-refractivity contribution is -0.217. The van der Waals surface area contributed by atoms with Gasteiger partial charge < -0.3 is 19.3 Å². The topological polar surface area (TPSA) is 82.1 Å². The van der Waals surface area contributed by atoms with Crippen LogP contribution in [0.2, 0.25) is 0 Å². The molecule has 104 valence electrons. The third-order valence-corrected chi connectivity index (χ3v) is 3.12.